The van der Waals surface area contributed by atoms with Crippen LogP contribution in [0.25, 0.3) is 22.5 Å². The molecule has 4 aromatic heterocycles. The first-order valence-electron chi connectivity index (χ1n) is 19.4. The van der Waals surface area contributed by atoms with Crippen molar-refractivity contribution in [1.29, 1.82) is 0 Å². The van der Waals surface area contributed by atoms with Crippen molar-refractivity contribution in [3.05, 3.63) is 105 Å². The first-order valence-corrected chi connectivity index (χ1v) is 26.3. The molecule has 20 heteroatoms. The molecule has 14 nitrogen and oxygen atoms in total. The van der Waals surface area contributed by atoms with Crippen LogP contribution >= 0.6 is 65.8 Å². The lowest BCUT2D eigenvalue weighted by molar-refractivity contribution is 0.0695. The molecule has 0 spiro atoms. The Bertz CT molecular complexity index is 2470. The highest BCUT2D eigenvalue weighted by Gasteiger charge is 2.22. The molecule has 2 aromatic carbocycles. The molecule has 6 rings (SSSR count). The van der Waals surface area contributed by atoms with Gasteiger partial charge >= 0.3 is 5.97 Å². The summed E-state index contributed by atoms with van der Waals surface area (Å²) in [7, 11) is 10.7. The minimum Gasteiger partial charge on any atom is -0.476 e. The van der Waals surface area contributed by atoms with Crippen molar-refractivity contribution in [2.45, 2.75) is 63.9 Å². The zero-order chi connectivity index (χ0) is 46.5. The van der Waals surface area contributed by atoms with E-state index in [1.807, 2.05) is 60.5 Å². The summed E-state index contributed by atoms with van der Waals surface area (Å²) in [6, 6.07) is 14.5. The number of imidazole rings is 2. The second-order valence-electron chi connectivity index (χ2n) is 15.2. The Labute approximate surface area is 392 Å². The highest BCUT2D eigenvalue weighted by atomic mass is 33.1. The van der Waals surface area contributed by atoms with Crippen molar-refractivity contribution in [3.8, 4) is 22.5 Å². The molecule has 63 heavy (non-hydrogen) atoms. The van der Waals surface area contributed by atoms with Crippen LogP contribution in [0.2, 0.25) is 0 Å². The average Bonchev–Trinajstić information content (AvgIpc) is 4.05. The number of Topliss-reactive ketones (excluding diaryl/α,β-unsaturated/α-hetero) is 1. The highest BCUT2D eigenvalue weighted by molar-refractivity contribution is 8.77. The Morgan fingerprint density at radius 2 is 1.10 bits per heavy atom. The van der Waals surface area contributed by atoms with Gasteiger partial charge in [-0.25, -0.2) is 24.7 Å². The van der Waals surface area contributed by atoms with Gasteiger partial charge in [-0.1, -0.05) is 67.4 Å². The predicted molar refractivity (Wildman–Crippen MR) is 267 cm³/mol. The maximum Gasteiger partial charge on any atom is 0.365 e. The number of anilines is 2. The average molecular weight is 968 g/mol. The van der Waals surface area contributed by atoms with Gasteiger partial charge < -0.3 is 30.6 Å². The monoisotopic (exact) mass is 967 g/mol. The molecule has 0 aliphatic heterocycles. The number of rotatable bonds is 16. The van der Waals surface area contributed by atoms with Crippen molar-refractivity contribution in [1.82, 2.24) is 29.1 Å². The van der Waals surface area contributed by atoms with E-state index >= 15 is 0 Å². The number of nitrogens with two attached hydrogens (primary N) is 1. The molecule has 0 aliphatic rings. The van der Waals surface area contributed by atoms with Crippen molar-refractivity contribution in [3.63, 3.8) is 0 Å². The van der Waals surface area contributed by atoms with E-state index < -0.39 is 5.97 Å². The van der Waals surface area contributed by atoms with Crippen LogP contribution in [0.5, 0.6) is 0 Å². The Morgan fingerprint density at radius 1 is 0.683 bits per heavy atom. The Balaban J connectivity index is 0.000000241. The third-order valence-electron chi connectivity index (χ3n) is 8.77. The number of benzene rings is 2. The number of ketones is 1. The van der Waals surface area contributed by atoms with Crippen molar-refractivity contribution >= 4 is 101 Å². The lowest BCUT2D eigenvalue weighted by Crippen LogP contribution is -2.25. The van der Waals surface area contributed by atoms with Crippen molar-refractivity contribution in [2.24, 2.45) is 19.8 Å². The van der Waals surface area contributed by atoms with Gasteiger partial charge in [-0.3, -0.25) is 14.4 Å². The van der Waals surface area contributed by atoms with E-state index in [0.717, 1.165) is 52.5 Å². The number of aryl methyl sites for hydroxylation is 4. The van der Waals surface area contributed by atoms with Gasteiger partial charge in [0, 0.05) is 82.2 Å². The molecule has 0 radical (unpaired) electrons. The summed E-state index contributed by atoms with van der Waals surface area (Å²) >= 11 is 2.46. The maximum absolute atomic E-state index is 12.6. The zero-order valence-electron chi connectivity index (χ0n) is 36.8. The van der Waals surface area contributed by atoms with Gasteiger partial charge in [-0.15, -0.1) is 22.7 Å². The van der Waals surface area contributed by atoms with Crippen LogP contribution in [-0.4, -0.2) is 86.3 Å². The number of nitrogens with one attached hydrogen (secondary N) is 2. The van der Waals surface area contributed by atoms with E-state index in [1.54, 1.807) is 91.5 Å². The molecule has 2 amide bonds. The third kappa shape index (κ3) is 15.6. The Hall–Kier alpha value is -4.44. The van der Waals surface area contributed by atoms with Gasteiger partial charge in [0.05, 0.1) is 22.8 Å². The summed E-state index contributed by atoms with van der Waals surface area (Å²) in [6.45, 7) is 13.0. The number of thiazole rings is 2. The molecule has 0 atom stereocenters. The van der Waals surface area contributed by atoms with Gasteiger partial charge in [0.2, 0.25) is 5.01 Å². The summed E-state index contributed by atoms with van der Waals surface area (Å²) in [6.07, 6.45) is 9.02. The number of carboxylic acid groups (broad SMARTS) is 1. The summed E-state index contributed by atoms with van der Waals surface area (Å²) < 4.78 is 3.68. The Morgan fingerprint density at radius 3 is 1.44 bits per heavy atom. The van der Waals surface area contributed by atoms with Crippen LogP contribution in [0.3, 0.4) is 0 Å². The van der Waals surface area contributed by atoms with Gasteiger partial charge in [0.25, 0.3) is 11.8 Å². The van der Waals surface area contributed by atoms with E-state index in [2.05, 4.69) is 70.8 Å². The molecule has 0 fully saturated rings. The van der Waals surface area contributed by atoms with Crippen molar-refractivity contribution in [2.75, 3.05) is 29.7 Å². The zero-order valence-corrected chi connectivity index (χ0v) is 41.7. The molecule has 0 aliphatic carbocycles. The highest BCUT2D eigenvalue weighted by Crippen LogP contribution is 2.37. The number of hydrogen-bond donors (Lipinski definition) is 4. The van der Waals surface area contributed by atoms with E-state index in [-0.39, 0.29) is 32.1 Å². The smallest absolute Gasteiger partial charge is 0.365 e. The number of carbonyl (C=O) groups is 4. The van der Waals surface area contributed by atoms with Crippen molar-refractivity contribution < 1.29 is 24.3 Å². The minimum absolute atomic E-state index is 0.0486. The van der Waals surface area contributed by atoms with Gasteiger partial charge in [0.15, 0.2) is 22.4 Å². The van der Waals surface area contributed by atoms with Crippen LogP contribution in [0, 0.1) is 13.8 Å². The summed E-state index contributed by atoms with van der Waals surface area (Å²) in [5, 5.41) is 18.7. The quantitative estimate of drug-likeness (QED) is 0.0527. The summed E-state index contributed by atoms with van der Waals surface area (Å²) in [5.41, 5.74) is 11.4. The van der Waals surface area contributed by atoms with Crippen LogP contribution in [0.4, 0.5) is 11.4 Å². The lowest BCUT2D eigenvalue weighted by atomic mass is 10.1. The van der Waals surface area contributed by atoms with Crippen LogP contribution in [-0.2, 0) is 14.1 Å². The molecule has 0 unspecified atom stereocenters. The minimum atomic E-state index is -1.04. The fourth-order valence-electron chi connectivity index (χ4n) is 5.56. The lowest BCUT2D eigenvalue weighted by Gasteiger charge is -2.21. The normalized spacial score (nSPS) is 11.2. The van der Waals surface area contributed by atoms with E-state index in [0.29, 0.717) is 40.1 Å². The molecule has 5 N–H and O–H groups in total. The number of amides is 2. The molecule has 0 saturated heterocycles. The fraction of sp³-hybridized carbons (Fsp3) is 0.349. The van der Waals surface area contributed by atoms with E-state index in [1.165, 1.54) is 11.3 Å². The second-order valence-corrected chi connectivity index (χ2v) is 23.2. The van der Waals surface area contributed by atoms with Gasteiger partial charge in [-0.2, -0.15) is 0 Å². The number of nitrogens with zero attached hydrogens (tertiary/aromatic N) is 6. The standard InChI is InChI=1S/C22H26N4O2S3.C16H14N4O3S.C5H13NS2/c1-14-12-26(4)19(23-14)20(28)24-16-8-6-15(7-9-16)17-13-30-21(25-17)18(27)10-11-22(2,3)31-29-5;1-9-7-20(2)13(17-9)14(21)18-11-5-3-10(4-6-11)12-8-24-15(19-12)16(22)23;1-5(2,4-6)8-7-3/h6-9,12-13H,10-11H2,1-5H3,(H,24,28);3-8H,1-2H3,(H,18,21)(H,22,23);4,6H2,1-3H3. The maximum atomic E-state index is 12.6. The third-order valence-corrected chi connectivity index (χ3v) is 15.8. The number of hydrogen-bond acceptors (Lipinski definition) is 15. The second kappa shape index (κ2) is 23.5. The number of aromatic carboxylic acids is 1. The largest absolute Gasteiger partial charge is 0.476 e. The van der Waals surface area contributed by atoms with Gasteiger partial charge in [-0.05, 0) is 84.7 Å². The summed E-state index contributed by atoms with van der Waals surface area (Å²) in [4.78, 5) is 65.1. The molecular weight excluding hydrogens is 915 g/mol. The fourth-order valence-corrected chi connectivity index (χ4v) is 11.3. The first kappa shape index (κ1) is 51.2. The topological polar surface area (TPSA) is 200 Å². The molecule has 0 saturated carbocycles. The van der Waals surface area contributed by atoms with E-state index in [4.69, 9.17) is 10.8 Å². The van der Waals surface area contributed by atoms with Crippen LogP contribution in [0.15, 0.2) is 71.7 Å². The van der Waals surface area contributed by atoms with Crippen LogP contribution < -0.4 is 16.4 Å². The number of carboxylic acids is 1. The number of carbonyl (C=O) groups excluding carboxylic acids is 3. The number of aromatic nitrogens is 6. The molecule has 6 aromatic rings. The molecule has 0 bridgehead atoms. The van der Waals surface area contributed by atoms with E-state index in [9.17, 15) is 19.2 Å². The SMILES string of the molecule is CSSC(C)(C)CCC(=O)c1nc(-c2ccc(NC(=O)c3nc(C)cn3C)cc2)cs1.CSSC(C)(C)CN.Cc1cn(C)c(C(=O)Nc2ccc(-c3csc(C(=O)O)n3)cc2)n1. The molecule has 4 heterocycles. The summed E-state index contributed by atoms with van der Waals surface area (Å²) in [5.74, 6) is -0.807. The molecular formula is C43H53N9O5S6. The van der Waals surface area contributed by atoms with Gasteiger partial charge in [0.1, 0.15) is 0 Å². The van der Waals surface area contributed by atoms with Crippen LogP contribution in [0.1, 0.15) is 92.8 Å². The molecule has 336 valence electrons. The first-order chi connectivity index (χ1) is 29.7. The Kier molecular flexibility index (Phi) is 19.1. The predicted octanol–water partition coefficient (Wildman–Crippen LogP) is 10.4.